The van der Waals surface area contributed by atoms with Crippen LogP contribution < -0.4 is 4.74 Å². The van der Waals surface area contributed by atoms with Crippen LogP contribution in [0.1, 0.15) is 64.0 Å². The van der Waals surface area contributed by atoms with Crippen LogP contribution in [-0.4, -0.2) is 42.2 Å². The number of alkyl halides is 6. The quantitative estimate of drug-likeness (QED) is 0.135. The Balaban J connectivity index is 1.57. The van der Waals surface area contributed by atoms with Gasteiger partial charge in [0, 0.05) is 11.1 Å². The van der Waals surface area contributed by atoms with Gasteiger partial charge in [-0.3, -0.25) is 9.88 Å². The number of aromatic nitrogens is 1. The molecule has 1 fully saturated rings. The van der Waals surface area contributed by atoms with Crippen LogP contribution in [0.25, 0.3) is 27.8 Å². The SMILES string of the molecule is C=C(C)c1ccc(-c2cc(-c3ccc(C(=O)OC)cc3C)ccc2OC)c(CN2C(=O)OC(c3cc(C(F)(F)F)cc(C(F)(F)F)c3)C2C)n1. The van der Waals surface area contributed by atoms with Gasteiger partial charge in [-0.25, -0.2) is 9.59 Å². The van der Waals surface area contributed by atoms with Crippen molar-refractivity contribution in [2.24, 2.45) is 0 Å². The molecule has 4 aromatic rings. The van der Waals surface area contributed by atoms with E-state index in [1.807, 2.05) is 19.1 Å². The average molecular weight is 699 g/mol. The Kier molecular flexibility index (Phi) is 9.73. The molecule has 1 aliphatic heterocycles. The van der Waals surface area contributed by atoms with Crippen LogP contribution >= 0.6 is 0 Å². The number of carbonyl (C=O) groups excluding carboxylic acids is 2. The van der Waals surface area contributed by atoms with Crippen molar-refractivity contribution in [1.29, 1.82) is 0 Å². The van der Waals surface area contributed by atoms with Gasteiger partial charge in [0.2, 0.25) is 0 Å². The summed E-state index contributed by atoms with van der Waals surface area (Å²) in [6, 6.07) is 14.3. The summed E-state index contributed by atoms with van der Waals surface area (Å²) in [5.74, 6) is -0.0172. The summed E-state index contributed by atoms with van der Waals surface area (Å²) < 4.78 is 97.7. The van der Waals surface area contributed by atoms with E-state index >= 15 is 0 Å². The van der Waals surface area contributed by atoms with E-state index in [0.29, 0.717) is 51.5 Å². The number of amides is 1. The van der Waals surface area contributed by atoms with Gasteiger partial charge in [0.25, 0.3) is 0 Å². The number of halogens is 6. The fraction of sp³-hybridized carbons (Fsp3) is 0.270. The van der Waals surface area contributed by atoms with Crippen LogP contribution in [0.3, 0.4) is 0 Å². The lowest BCUT2D eigenvalue weighted by Crippen LogP contribution is -2.32. The summed E-state index contributed by atoms with van der Waals surface area (Å²) in [6.45, 7) is 8.81. The molecule has 0 saturated carbocycles. The second-order valence-corrected chi connectivity index (χ2v) is 11.9. The minimum absolute atomic E-state index is 0.0263. The first kappa shape index (κ1) is 36.0. The van der Waals surface area contributed by atoms with E-state index in [1.54, 1.807) is 43.3 Å². The highest BCUT2D eigenvalue weighted by molar-refractivity contribution is 5.91. The first-order valence-electron chi connectivity index (χ1n) is 15.2. The number of pyridine rings is 1. The second kappa shape index (κ2) is 13.5. The van der Waals surface area contributed by atoms with Crippen molar-refractivity contribution < 1.29 is 50.1 Å². The zero-order chi connectivity index (χ0) is 36.7. The first-order chi connectivity index (χ1) is 23.4. The number of benzene rings is 3. The Labute approximate surface area is 284 Å². The van der Waals surface area contributed by atoms with Crippen molar-refractivity contribution in [3.63, 3.8) is 0 Å². The number of methoxy groups -OCH3 is 2. The number of aryl methyl sites for hydroxylation is 1. The Hall–Kier alpha value is -5.33. The molecule has 2 heterocycles. The molecule has 0 radical (unpaired) electrons. The van der Waals surface area contributed by atoms with E-state index in [2.05, 4.69) is 6.58 Å². The number of ether oxygens (including phenoxy) is 3. The Bertz CT molecular complexity index is 1960. The number of hydrogen-bond donors (Lipinski definition) is 0. The molecule has 0 spiro atoms. The smallest absolute Gasteiger partial charge is 0.416 e. The molecule has 0 aliphatic carbocycles. The van der Waals surface area contributed by atoms with E-state index < -0.39 is 53.3 Å². The molecule has 7 nitrogen and oxygen atoms in total. The maximum atomic E-state index is 13.6. The summed E-state index contributed by atoms with van der Waals surface area (Å²) >= 11 is 0. The topological polar surface area (TPSA) is 78.0 Å². The van der Waals surface area contributed by atoms with Crippen molar-refractivity contribution in [3.8, 4) is 28.0 Å². The van der Waals surface area contributed by atoms with Crippen molar-refractivity contribution in [3.05, 3.63) is 113 Å². The maximum absolute atomic E-state index is 13.6. The molecule has 50 heavy (non-hydrogen) atoms. The molecule has 0 bridgehead atoms. The summed E-state index contributed by atoms with van der Waals surface area (Å²) in [7, 11) is 2.78. The lowest BCUT2D eigenvalue weighted by molar-refractivity contribution is -0.143. The molecule has 3 aromatic carbocycles. The minimum Gasteiger partial charge on any atom is -0.496 e. The van der Waals surface area contributed by atoms with E-state index in [0.717, 1.165) is 16.7 Å². The summed E-state index contributed by atoms with van der Waals surface area (Å²) in [5, 5.41) is 0. The normalized spacial score (nSPS) is 16.3. The number of nitrogens with zero attached hydrogens (tertiary/aromatic N) is 2. The van der Waals surface area contributed by atoms with Gasteiger partial charge >= 0.3 is 24.4 Å². The standard InChI is InChI=1S/C37H32F6N2O5/c1-19(2)30-11-10-28(29-16-22(8-12-32(29)48-5)27-9-7-23(13-20(27)3)34(46)49-6)31(44-30)18-45-21(4)33(50-35(45)47)24-14-25(36(38,39)40)17-26(15-24)37(41,42)43/h7-17,21,33H,1,18H2,2-6H3. The van der Waals surface area contributed by atoms with Crippen LogP contribution in [-0.2, 0) is 28.4 Å². The zero-order valence-electron chi connectivity index (χ0n) is 27.6. The highest BCUT2D eigenvalue weighted by atomic mass is 19.4. The number of allylic oxidation sites excluding steroid dienone is 1. The largest absolute Gasteiger partial charge is 0.496 e. The van der Waals surface area contributed by atoms with Gasteiger partial charge in [0.05, 0.1) is 54.9 Å². The van der Waals surface area contributed by atoms with Gasteiger partial charge in [-0.05, 0) is 97.1 Å². The highest BCUT2D eigenvalue weighted by Gasteiger charge is 2.43. The van der Waals surface area contributed by atoms with Gasteiger partial charge < -0.3 is 14.2 Å². The Morgan fingerprint density at radius 1 is 0.900 bits per heavy atom. The van der Waals surface area contributed by atoms with E-state index in [4.69, 9.17) is 19.2 Å². The molecule has 0 N–H and O–H groups in total. The molecule has 1 aliphatic rings. The average Bonchev–Trinajstić information content (AvgIpc) is 3.35. The van der Waals surface area contributed by atoms with Crippen LogP contribution in [0.15, 0.2) is 73.3 Å². The van der Waals surface area contributed by atoms with E-state index in [9.17, 15) is 35.9 Å². The molecule has 1 aromatic heterocycles. The lowest BCUT2D eigenvalue weighted by atomic mass is 9.93. The number of hydrogen-bond acceptors (Lipinski definition) is 6. The number of rotatable bonds is 8. The number of cyclic esters (lactones) is 1. The Morgan fingerprint density at radius 3 is 2.10 bits per heavy atom. The predicted molar refractivity (Wildman–Crippen MR) is 173 cm³/mol. The van der Waals surface area contributed by atoms with Gasteiger partial charge in [0.1, 0.15) is 11.9 Å². The van der Waals surface area contributed by atoms with Crippen molar-refractivity contribution in [2.45, 2.75) is 51.8 Å². The molecule has 2 atom stereocenters. The first-order valence-corrected chi connectivity index (χ1v) is 15.2. The maximum Gasteiger partial charge on any atom is 0.416 e. The lowest BCUT2D eigenvalue weighted by Gasteiger charge is -2.24. The number of carbonyl (C=O) groups is 2. The van der Waals surface area contributed by atoms with Crippen LogP contribution in [0.5, 0.6) is 5.75 Å². The van der Waals surface area contributed by atoms with Crippen molar-refractivity contribution in [2.75, 3.05) is 14.2 Å². The van der Waals surface area contributed by atoms with Gasteiger partial charge in [-0.15, -0.1) is 0 Å². The van der Waals surface area contributed by atoms with E-state index in [1.165, 1.54) is 26.0 Å². The third-order valence-electron chi connectivity index (χ3n) is 8.51. The third kappa shape index (κ3) is 7.17. The van der Waals surface area contributed by atoms with Crippen LogP contribution in [0.2, 0.25) is 0 Å². The molecule has 1 saturated heterocycles. The Morgan fingerprint density at radius 2 is 1.54 bits per heavy atom. The monoisotopic (exact) mass is 698 g/mol. The second-order valence-electron chi connectivity index (χ2n) is 11.9. The fourth-order valence-electron chi connectivity index (χ4n) is 5.89. The summed E-state index contributed by atoms with van der Waals surface area (Å²) in [6.07, 6.45) is -12.5. The molecule has 5 rings (SSSR count). The third-order valence-corrected chi connectivity index (χ3v) is 8.51. The molecule has 2 unspecified atom stereocenters. The predicted octanol–water partition coefficient (Wildman–Crippen LogP) is 9.67. The van der Waals surface area contributed by atoms with Gasteiger partial charge in [0.15, 0.2) is 0 Å². The number of esters is 1. The van der Waals surface area contributed by atoms with Crippen LogP contribution in [0, 0.1) is 6.92 Å². The van der Waals surface area contributed by atoms with E-state index in [-0.39, 0.29) is 12.6 Å². The van der Waals surface area contributed by atoms with Crippen LogP contribution in [0.4, 0.5) is 31.1 Å². The molecule has 262 valence electrons. The summed E-state index contributed by atoms with van der Waals surface area (Å²) in [5.41, 5.74) is 1.88. The van der Waals surface area contributed by atoms with Crippen molar-refractivity contribution in [1.82, 2.24) is 9.88 Å². The minimum atomic E-state index is -5.07. The van der Waals surface area contributed by atoms with Gasteiger partial charge in [-0.1, -0.05) is 24.8 Å². The van der Waals surface area contributed by atoms with Crippen molar-refractivity contribution >= 4 is 17.6 Å². The highest BCUT2D eigenvalue weighted by Crippen LogP contribution is 2.42. The molecular weight excluding hydrogens is 666 g/mol. The van der Waals surface area contributed by atoms with Gasteiger partial charge in [-0.2, -0.15) is 26.3 Å². The molecule has 13 heteroatoms. The molecular formula is C37H32F6N2O5. The molecule has 1 amide bonds. The fourth-order valence-corrected chi connectivity index (χ4v) is 5.89. The summed E-state index contributed by atoms with van der Waals surface area (Å²) in [4.78, 5) is 31.3. The zero-order valence-corrected chi connectivity index (χ0v) is 27.6.